The van der Waals surface area contributed by atoms with E-state index in [9.17, 15) is 0 Å². The molecule has 1 unspecified atom stereocenters. The van der Waals surface area contributed by atoms with Gasteiger partial charge in [0.25, 0.3) is 0 Å². The summed E-state index contributed by atoms with van der Waals surface area (Å²) in [5, 5.41) is 4.16. The fourth-order valence-electron chi connectivity index (χ4n) is 1.35. The first-order chi connectivity index (χ1) is 7.52. The second-order valence-corrected chi connectivity index (χ2v) is 4.51. The molecule has 0 bridgehead atoms. The maximum atomic E-state index is 5.81. The molecule has 0 spiro atoms. The van der Waals surface area contributed by atoms with Gasteiger partial charge in [0.05, 0.1) is 5.60 Å². The van der Waals surface area contributed by atoms with Crippen molar-refractivity contribution in [2.45, 2.75) is 52.4 Å². The maximum Gasteiger partial charge on any atom is 0.153 e. The molecule has 0 amide bonds. The molecule has 92 valence electrons. The van der Waals surface area contributed by atoms with Gasteiger partial charge in [0.15, 0.2) is 5.82 Å². The molecule has 1 rings (SSSR count). The van der Waals surface area contributed by atoms with Crippen molar-refractivity contribution in [2.75, 3.05) is 6.54 Å². The quantitative estimate of drug-likeness (QED) is 0.798. The zero-order valence-corrected chi connectivity index (χ0v) is 10.6. The second kappa shape index (κ2) is 5.41. The molecule has 16 heavy (non-hydrogen) atoms. The molecule has 1 heterocycles. The summed E-state index contributed by atoms with van der Waals surface area (Å²) in [5.74, 6) is 0.850. The summed E-state index contributed by atoms with van der Waals surface area (Å²) in [7, 11) is 0. The highest BCUT2D eigenvalue weighted by molar-refractivity contribution is 4.85. The Balaban J connectivity index is 2.64. The molecule has 5 heteroatoms. The molecule has 1 aromatic heterocycles. The Labute approximate surface area is 97.0 Å². The summed E-state index contributed by atoms with van der Waals surface area (Å²) in [5.41, 5.74) is 5.42. The summed E-state index contributed by atoms with van der Waals surface area (Å²) in [6, 6.07) is 0.298. The number of hydrogen-bond donors (Lipinski definition) is 1. The zero-order chi connectivity index (χ0) is 12.2. The van der Waals surface area contributed by atoms with E-state index in [4.69, 9.17) is 10.5 Å². The number of rotatable bonds is 6. The third-order valence-electron chi connectivity index (χ3n) is 2.87. The second-order valence-electron chi connectivity index (χ2n) is 4.51. The van der Waals surface area contributed by atoms with Crippen LogP contribution >= 0.6 is 0 Å². The van der Waals surface area contributed by atoms with E-state index < -0.39 is 0 Å². The molecule has 0 aliphatic heterocycles. The van der Waals surface area contributed by atoms with Gasteiger partial charge in [-0.1, -0.05) is 6.92 Å². The maximum absolute atomic E-state index is 5.81. The van der Waals surface area contributed by atoms with Gasteiger partial charge in [-0.2, -0.15) is 5.10 Å². The lowest BCUT2D eigenvalue weighted by atomic mass is 10.0. The lowest BCUT2D eigenvalue weighted by Crippen LogP contribution is -2.37. The van der Waals surface area contributed by atoms with Gasteiger partial charge in [0.2, 0.25) is 0 Å². The topological polar surface area (TPSA) is 66.0 Å². The Hall–Kier alpha value is -0.940. The van der Waals surface area contributed by atoms with Crippen molar-refractivity contribution in [3.05, 3.63) is 12.2 Å². The predicted molar refractivity (Wildman–Crippen MR) is 62.9 cm³/mol. The summed E-state index contributed by atoms with van der Waals surface area (Å²) < 4.78 is 7.68. The Kier molecular flexibility index (Phi) is 4.44. The van der Waals surface area contributed by atoms with Crippen LogP contribution in [0.15, 0.2) is 6.33 Å². The number of ether oxygens (including phenoxy) is 1. The van der Waals surface area contributed by atoms with Gasteiger partial charge >= 0.3 is 0 Å². The largest absolute Gasteiger partial charge is 0.366 e. The lowest BCUT2D eigenvalue weighted by Gasteiger charge is -2.26. The van der Waals surface area contributed by atoms with Crippen LogP contribution in [-0.4, -0.2) is 26.9 Å². The van der Waals surface area contributed by atoms with E-state index in [1.54, 1.807) is 6.33 Å². The van der Waals surface area contributed by atoms with Crippen LogP contribution < -0.4 is 5.73 Å². The SMILES string of the molecule is CCC(C)(CN)OCc1ncnn1C(C)C. The van der Waals surface area contributed by atoms with E-state index in [1.165, 1.54) is 0 Å². The van der Waals surface area contributed by atoms with Gasteiger partial charge in [0.1, 0.15) is 12.9 Å². The van der Waals surface area contributed by atoms with Gasteiger partial charge in [-0.15, -0.1) is 0 Å². The van der Waals surface area contributed by atoms with Crippen molar-refractivity contribution in [3.63, 3.8) is 0 Å². The van der Waals surface area contributed by atoms with Crippen molar-refractivity contribution in [1.29, 1.82) is 0 Å². The molecule has 0 aromatic carbocycles. The van der Waals surface area contributed by atoms with Crippen LogP contribution in [-0.2, 0) is 11.3 Å². The highest BCUT2D eigenvalue weighted by atomic mass is 16.5. The molecule has 0 fully saturated rings. The molecule has 0 radical (unpaired) electrons. The highest BCUT2D eigenvalue weighted by Crippen LogP contribution is 2.16. The minimum atomic E-state index is -0.270. The molecule has 1 aromatic rings. The fraction of sp³-hybridized carbons (Fsp3) is 0.818. The molecule has 0 aliphatic carbocycles. The molecular formula is C11H22N4O. The summed E-state index contributed by atoms with van der Waals surface area (Å²) in [4.78, 5) is 4.20. The van der Waals surface area contributed by atoms with E-state index in [2.05, 4.69) is 30.9 Å². The van der Waals surface area contributed by atoms with E-state index in [-0.39, 0.29) is 5.60 Å². The Bertz CT molecular complexity index is 318. The minimum absolute atomic E-state index is 0.270. The first-order valence-corrected chi connectivity index (χ1v) is 5.75. The standard InChI is InChI=1S/C11H22N4O/c1-5-11(4,7-12)16-6-10-13-8-14-15(10)9(2)3/h8-9H,5-7,12H2,1-4H3. The summed E-state index contributed by atoms with van der Waals surface area (Å²) >= 11 is 0. The molecule has 0 saturated heterocycles. The first kappa shape index (κ1) is 13.1. The molecule has 2 N–H and O–H groups in total. The first-order valence-electron chi connectivity index (χ1n) is 5.75. The average Bonchev–Trinajstić information content (AvgIpc) is 2.74. The lowest BCUT2D eigenvalue weighted by molar-refractivity contribution is -0.0431. The van der Waals surface area contributed by atoms with Gasteiger partial charge in [-0.05, 0) is 27.2 Å². The van der Waals surface area contributed by atoms with E-state index in [1.807, 2.05) is 11.6 Å². The van der Waals surface area contributed by atoms with Crippen LogP contribution in [0.2, 0.25) is 0 Å². The molecular weight excluding hydrogens is 204 g/mol. The number of aromatic nitrogens is 3. The van der Waals surface area contributed by atoms with Gasteiger partial charge in [-0.3, -0.25) is 0 Å². The van der Waals surface area contributed by atoms with Crippen LogP contribution in [0.3, 0.4) is 0 Å². The Morgan fingerprint density at radius 2 is 2.25 bits per heavy atom. The van der Waals surface area contributed by atoms with Gasteiger partial charge in [-0.25, -0.2) is 9.67 Å². The van der Waals surface area contributed by atoms with Crippen molar-refractivity contribution in [3.8, 4) is 0 Å². The summed E-state index contributed by atoms with van der Waals surface area (Å²) in [6.45, 7) is 9.20. The van der Waals surface area contributed by atoms with Crippen LogP contribution in [0.4, 0.5) is 0 Å². The molecule has 0 saturated carbocycles. The monoisotopic (exact) mass is 226 g/mol. The summed E-state index contributed by atoms with van der Waals surface area (Å²) in [6.07, 6.45) is 2.45. The third kappa shape index (κ3) is 3.02. The Morgan fingerprint density at radius 1 is 1.56 bits per heavy atom. The van der Waals surface area contributed by atoms with Crippen molar-refractivity contribution in [2.24, 2.45) is 5.73 Å². The van der Waals surface area contributed by atoms with Crippen LogP contribution in [0, 0.1) is 0 Å². The smallest absolute Gasteiger partial charge is 0.153 e. The van der Waals surface area contributed by atoms with Crippen LogP contribution in [0.1, 0.15) is 46.0 Å². The normalized spacial score (nSPS) is 15.4. The van der Waals surface area contributed by atoms with E-state index >= 15 is 0 Å². The number of nitrogens with zero attached hydrogens (tertiary/aromatic N) is 3. The zero-order valence-electron chi connectivity index (χ0n) is 10.6. The third-order valence-corrected chi connectivity index (χ3v) is 2.87. The van der Waals surface area contributed by atoms with Crippen molar-refractivity contribution in [1.82, 2.24) is 14.8 Å². The predicted octanol–water partition coefficient (Wildman–Crippen LogP) is 1.50. The fourth-order valence-corrected chi connectivity index (χ4v) is 1.35. The number of nitrogens with two attached hydrogens (primary N) is 1. The Morgan fingerprint density at radius 3 is 2.75 bits per heavy atom. The average molecular weight is 226 g/mol. The van der Waals surface area contributed by atoms with E-state index in [0.29, 0.717) is 19.2 Å². The van der Waals surface area contributed by atoms with E-state index in [0.717, 1.165) is 12.2 Å². The van der Waals surface area contributed by atoms with Gasteiger partial charge in [0, 0.05) is 12.6 Å². The minimum Gasteiger partial charge on any atom is -0.366 e. The van der Waals surface area contributed by atoms with Crippen LogP contribution in [0.25, 0.3) is 0 Å². The van der Waals surface area contributed by atoms with Crippen molar-refractivity contribution >= 4 is 0 Å². The molecule has 5 nitrogen and oxygen atoms in total. The number of hydrogen-bond acceptors (Lipinski definition) is 4. The molecule has 0 aliphatic rings. The van der Waals surface area contributed by atoms with Crippen LogP contribution in [0.5, 0.6) is 0 Å². The van der Waals surface area contributed by atoms with Crippen molar-refractivity contribution < 1.29 is 4.74 Å². The molecule has 1 atom stereocenters. The highest BCUT2D eigenvalue weighted by Gasteiger charge is 2.21. The van der Waals surface area contributed by atoms with Gasteiger partial charge < -0.3 is 10.5 Å².